The van der Waals surface area contributed by atoms with E-state index in [0.29, 0.717) is 12.8 Å². The normalized spacial score (nSPS) is 9.85. The standard InChI is InChI=1S/C13H16N2O5/c1-2-3-6-14-13(17)9-20-12-7-10(8-16)4-5-11(12)15(18)19/h4-5,7-8H,2-3,6,9H2,1H3,(H,14,17). The number of rotatable bonds is 8. The number of nitro groups is 1. The van der Waals surface area contributed by atoms with Crippen LogP contribution in [-0.4, -0.2) is 30.3 Å². The van der Waals surface area contributed by atoms with Crippen LogP contribution in [0.25, 0.3) is 0 Å². The molecule has 0 aliphatic rings. The van der Waals surface area contributed by atoms with E-state index < -0.39 is 4.92 Å². The number of carbonyl (C=O) groups excluding carboxylic acids is 2. The zero-order valence-corrected chi connectivity index (χ0v) is 11.1. The lowest BCUT2D eigenvalue weighted by atomic mass is 10.2. The summed E-state index contributed by atoms with van der Waals surface area (Å²) in [7, 11) is 0. The summed E-state index contributed by atoms with van der Waals surface area (Å²) in [6.07, 6.45) is 2.36. The van der Waals surface area contributed by atoms with Gasteiger partial charge in [-0.3, -0.25) is 19.7 Å². The minimum absolute atomic E-state index is 0.0924. The molecule has 0 heterocycles. The van der Waals surface area contributed by atoms with Gasteiger partial charge in [-0.05, 0) is 18.6 Å². The summed E-state index contributed by atoms with van der Waals surface area (Å²) in [6.45, 7) is 2.21. The molecule has 0 radical (unpaired) electrons. The minimum Gasteiger partial charge on any atom is -0.477 e. The molecule has 20 heavy (non-hydrogen) atoms. The summed E-state index contributed by atoms with van der Waals surface area (Å²) >= 11 is 0. The van der Waals surface area contributed by atoms with Crippen LogP contribution >= 0.6 is 0 Å². The van der Waals surface area contributed by atoms with E-state index >= 15 is 0 Å². The lowest BCUT2D eigenvalue weighted by molar-refractivity contribution is -0.385. The summed E-state index contributed by atoms with van der Waals surface area (Å²) in [6, 6.07) is 3.73. The van der Waals surface area contributed by atoms with Gasteiger partial charge in [-0.1, -0.05) is 13.3 Å². The van der Waals surface area contributed by atoms with Crippen LogP contribution in [-0.2, 0) is 4.79 Å². The Morgan fingerprint density at radius 2 is 2.25 bits per heavy atom. The van der Waals surface area contributed by atoms with Crippen LogP contribution in [0.4, 0.5) is 5.69 Å². The Morgan fingerprint density at radius 3 is 2.85 bits per heavy atom. The van der Waals surface area contributed by atoms with Gasteiger partial charge in [-0.25, -0.2) is 0 Å². The second kappa shape index (κ2) is 7.88. The van der Waals surface area contributed by atoms with Crippen molar-refractivity contribution in [2.24, 2.45) is 0 Å². The average molecular weight is 280 g/mol. The van der Waals surface area contributed by atoms with Crippen molar-refractivity contribution in [3.63, 3.8) is 0 Å². The van der Waals surface area contributed by atoms with Gasteiger partial charge in [0, 0.05) is 18.2 Å². The number of nitro benzene ring substituents is 1. The average Bonchev–Trinajstić information content (AvgIpc) is 2.44. The van der Waals surface area contributed by atoms with Crippen LogP contribution < -0.4 is 10.1 Å². The first-order chi connectivity index (χ1) is 9.58. The van der Waals surface area contributed by atoms with Gasteiger partial charge in [-0.15, -0.1) is 0 Å². The number of hydrogen-bond acceptors (Lipinski definition) is 5. The molecule has 7 nitrogen and oxygen atoms in total. The van der Waals surface area contributed by atoms with Gasteiger partial charge in [0.1, 0.15) is 6.29 Å². The number of amides is 1. The van der Waals surface area contributed by atoms with Gasteiger partial charge < -0.3 is 10.1 Å². The van der Waals surface area contributed by atoms with Gasteiger partial charge in [0.25, 0.3) is 5.91 Å². The highest BCUT2D eigenvalue weighted by molar-refractivity contribution is 5.79. The Bertz CT molecular complexity index is 502. The Labute approximate surface area is 116 Å². The molecule has 108 valence electrons. The van der Waals surface area contributed by atoms with Crippen molar-refractivity contribution in [1.82, 2.24) is 5.32 Å². The third kappa shape index (κ3) is 4.68. The fourth-order valence-corrected chi connectivity index (χ4v) is 1.47. The predicted molar refractivity (Wildman–Crippen MR) is 71.9 cm³/mol. The van der Waals surface area contributed by atoms with Crippen molar-refractivity contribution in [1.29, 1.82) is 0 Å². The topological polar surface area (TPSA) is 98.5 Å². The van der Waals surface area contributed by atoms with Crippen LogP contribution in [0.2, 0.25) is 0 Å². The molecule has 0 unspecified atom stereocenters. The predicted octanol–water partition coefficient (Wildman–Crippen LogP) is 1.70. The number of nitrogens with one attached hydrogen (secondary N) is 1. The highest BCUT2D eigenvalue weighted by Gasteiger charge is 2.16. The summed E-state index contributed by atoms with van der Waals surface area (Å²) < 4.78 is 5.12. The maximum absolute atomic E-state index is 11.5. The van der Waals surface area contributed by atoms with Crippen LogP contribution in [0.5, 0.6) is 5.75 Å². The largest absolute Gasteiger partial charge is 0.477 e. The van der Waals surface area contributed by atoms with Gasteiger partial charge >= 0.3 is 5.69 Å². The van der Waals surface area contributed by atoms with Gasteiger partial charge in [0.2, 0.25) is 0 Å². The van der Waals surface area contributed by atoms with Gasteiger partial charge in [-0.2, -0.15) is 0 Å². The third-order valence-corrected chi connectivity index (χ3v) is 2.53. The lowest BCUT2D eigenvalue weighted by Gasteiger charge is -2.08. The van der Waals surface area contributed by atoms with E-state index in [9.17, 15) is 19.7 Å². The Morgan fingerprint density at radius 1 is 1.50 bits per heavy atom. The first-order valence-electron chi connectivity index (χ1n) is 6.21. The number of ether oxygens (including phenoxy) is 1. The first-order valence-corrected chi connectivity index (χ1v) is 6.21. The van der Waals surface area contributed by atoms with Crippen LogP contribution in [0, 0.1) is 10.1 Å². The molecule has 0 bridgehead atoms. The molecular weight excluding hydrogens is 264 g/mol. The summed E-state index contributed by atoms with van der Waals surface area (Å²) in [5.74, 6) is -0.450. The van der Waals surface area contributed by atoms with Crippen molar-refractivity contribution in [3.8, 4) is 5.75 Å². The minimum atomic E-state index is -0.626. The highest BCUT2D eigenvalue weighted by atomic mass is 16.6. The van der Waals surface area contributed by atoms with Crippen LogP contribution in [0.3, 0.4) is 0 Å². The molecular formula is C13H16N2O5. The number of carbonyl (C=O) groups is 2. The maximum Gasteiger partial charge on any atom is 0.310 e. The Hall–Kier alpha value is -2.44. The molecule has 0 aliphatic carbocycles. The van der Waals surface area contributed by atoms with E-state index in [-0.39, 0.29) is 29.5 Å². The molecule has 1 rings (SSSR count). The molecule has 0 saturated carbocycles. The van der Waals surface area contributed by atoms with Crippen molar-refractivity contribution in [3.05, 3.63) is 33.9 Å². The molecule has 1 amide bonds. The molecule has 7 heteroatoms. The third-order valence-electron chi connectivity index (χ3n) is 2.53. The summed E-state index contributed by atoms with van der Waals surface area (Å²) in [5.41, 5.74) is -0.0334. The van der Waals surface area contributed by atoms with E-state index in [2.05, 4.69) is 5.32 Å². The smallest absolute Gasteiger partial charge is 0.310 e. The second-order valence-corrected chi connectivity index (χ2v) is 4.09. The SMILES string of the molecule is CCCCNC(=O)COc1cc(C=O)ccc1[N+](=O)[O-]. The second-order valence-electron chi connectivity index (χ2n) is 4.09. The molecule has 0 spiro atoms. The number of benzene rings is 1. The molecule has 0 saturated heterocycles. The van der Waals surface area contributed by atoms with Crippen molar-refractivity contribution >= 4 is 17.9 Å². The zero-order chi connectivity index (χ0) is 15.0. The Balaban J connectivity index is 2.68. The van der Waals surface area contributed by atoms with Gasteiger partial charge in [0.05, 0.1) is 4.92 Å². The van der Waals surface area contributed by atoms with Crippen molar-refractivity contribution in [2.45, 2.75) is 19.8 Å². The summed E-state index contributed by atoms with van der Waals surface area (Å²) in [5, 5.41) is 13.4. The van der Waals surface area contributed by atoms with E-state index in [1.807, 2.05) is 6.92 Å². The molecule has 0 fully saturated rings. The highest BCUT2D eigenvalue weighted by Crippen LogP contribution is 2.27. The molecule has 0 aromatic heterocycles. The van der Waals surface area contributed by atoms with Crippen molar-refractivity contribution in [2.75, 3.05) is 13.2 Å². The fraction of sp³-hybridized carbons (Fsp3) is 0.385. The van der Waals surface area contributed by atoms with E-state index in [0.717, 1.165) is 12.8 Å². The van der Waals surface area contributed by atoms with Crippen LogP contribution in [0.15, 0.2) is 18.2 Å². The first kappa shape index (κ1) is 15.6. The maximum atomic E-state index is 11.5. The van der Waals surface area contributed by atoms with Gasteiger partial charge in [0.15, 0.2) is 12.4 Å². The zero-order valence-electron chi connectivity index (χ0n) is 11.1. The van der Waals surface area contributed by atoms with Crippen LogP contribution in [0.1, 0.15) is 30.1 Å². The molecule has 1 aromatic carbocycles. The molecule has 1 aromatic rings. The quantitative estimate of drug-likeness (QED) is 0.338. The number of aldehydes is 1. The van der Waals surface area contributed by atoms with E-state index in [4.69, 9.17) is 4.74 Å². The molecule has 1 N–H and O–H groups in total. The monoisotopic (exact) mass is 280 g/mol. The Kier molecular flexibility index (Phi) is 6.15. The number of unbranched alkanes of at least 4 members (excludes halogenated alkanes) is 1. The molecule has 0 aliphatic heterocycles. The van der Waals surface area contributed by atoms with E-state index in [1.165, 1.54) is 18.2 Å². The number of hydrogen-bond donors (Lipinski definition) is 1. The van der Waals surface area contributed by atoms with Crippen molar-refractivity contribution < 1.29 is 19.2 Å². The number of nitrogens with zero attached hydrogens (tertiary/aromatic N) is 1. The lowest BCUT2D eigenvalue weighted by Crippen LogP contribution is -2.29. The summed E-state index contributed by atoms with van der Waals surface area (Å²) in [4.78, 5) is 32.3. The fourth-order valence-electron chi connectivity index (χ4n) is 1.47. The van der Waals surface area contributed by atoms with E-state index in [1.54, 1.807) is 0 Å². The molecule has 0 atom stereocenters.